The van der Waals surface area contributed by atoms with Crippen LogP contribution in [0.5, 0.6) is 0 Å². The smallest absolute Gasteiger partial charge is 0.209 e. The fraction of sp³-hybridized carbons (Fsp3) is 0.556. The highest BCUT2D eigenvalue weighted by atomic mass is 35.5. The Morgan fingerprint density at radius 3 is 2.53 bits per heavy atom. The van der Waals surface area contributed by atoms with Crippen molar-refractivity contribution < 1.29 is 17.2 Å². The number of hydrogen-bond donors (Lipinski definition) is 0. The Kier molecular flexibility index (Phi) is 5.30. The zero-order chi connectivity index (χ0) is 13.1. The lowest BCUT2D eigenvalue weighted by Crippen LogP contribution is -2.36. The molecule has 0 N–H and O–H groups in total. The summed E-state index contributed by atoms with van der Waals surface area (Å²) >= 11 is 6.49. The van der Waals surface area contributed by atoms with Gasteiger partial charge in [0.1, 0.15) is 4.21 Å². The molecular weight excluding hydrogens is 292 g/mol. The molecule has 98 valence electrons. The monoisotopic (exact) mass is 303 g/mol. The van der Waals surface area contributed by atoms with E-state index in [0.29, 0.717) is 0 Å². The first-order chi connectivity index (χ1) is 7.87. The quantitative estimate of drug-likeness (QED) is 0.757. The third-order valence-corrected chi connectivity index (χ3v) is 5.49. The van der Waals surface area contributed by atoms with Crippen molar-refractivity contribution >= 4 is 33.0 Å². The number of alkyl halides is 3. The number of rotatable bonds is 6. The predicted molar refractivity (Wildman–Crippen MR) is 64.5 cm³/mol. The Balaban J connectivity index is 2.99. The molecule has 0 aliphatic rings. The van der Waals surface area contributed by atoms with Gasteiger partial charge in [-0.1, -0.05) is 0 Å². The first kappa shape index (κ1) is 14.8. The molecule has 1 rings (SSSR count). The summed E-state index contributed by atoms with van der Waals surface area (Å²) in [6, 6.07) is 3.06. The maximum Gasteiger partial charge on any atom is 0.252 e. The van der Waals surface area contributed by atoms with Crippen molar-refractivity contribution in [2.75, 3.05) is 19.0 Å². The van der Waals surface area contributed by atoms with Crippen molar-refractivity contribution in [1.29, 1.82) is 0 Å². The molecule has 0 aliphatic heterocycles. The summed E-state index contributed by atoms with van der Waals surface area (Å²) in [6.45, 7) is 0.805. The van der Waals surface area contributed by atoms with E-state index in [9.17, 15) is 17.2 Å². The Bertz CT molecular complexity index is 461. The summed E-state index contributed by atoms with van der Waals surface area (Å²) < 4.78 is 49.4. The Hall–Kier alpha value is -0.240. The van der Waals surface area contributed by atoms with Gasteiger partial charge < -0.3 is 0 Å². The van der Waals surface area contributed by atoms with Crippen molar-refractivity contribution in [2.24, 2.45) is 0 Å². The van der Waals surface area contributed by atoms with Crippen LogP contribution in [0.2, 0.25) is 0 Å². The summed E-state index contributed by atoms with van der Waals surface area (Å²) in [4.78, 5) is 0.812. The van der Waals surface area contributed by atoms with Crippen LogP contribution in [0.4, 0.5) is 8.78 Å². The second-order valence-corrected chi connectivity index (χ2v) is 7.14. The predicted octanol–water partition coefficient (Wildman–Crippen LogP) is 2.55. The second kappa shape index (κ2) is 6.08. The molecule has 17 heavy (non-hydrogen) atoms. The van der Waals surface area contributed by atoms with Gasteiger partial charge in [0.15, 0.2) is 0 Å². The third kappa shape index (κ3) is 3.87. The van der Waals surface area contributed by atoms with Crippen molar-refractivity contribution in [3.05, 3.63) is 17.0 Å². The van der Waals surface area contributed by atoms with Gasteiger partial charge in [-0.15, -0.1) is 22.9 Å². The van der Waals surface area contributed by atoms with Gasteiger partial charge in [0.2, 0.25) is 0 Å². The number of hydrogen-bond acceptors (Lipinski definition) is 3. The molecule has 0 amide bonds. The Morgan fingerprint density at radius 2 is 2.12 bits per heavy atom. The highest BCUT2D eigenvalue weighted by Gasteiger charge is 2.27. The van der Waals surface area contributed by atoms with E-state index in [-0.39, 0.29) is 16.6 Å². The molecule has 0 unspecified atom stereocenters. The molecule has 1 heterocycles. The lowest BCUT2D eigenvalue weighted by Gasteiger charge is -2.19. The van der Waals surface area contributed by atoms with Gasteiger partial charge in [0.25, 0.3) is 16.4 Å². The van der Waals surface area contributed by atoms with Crippen molar-refractivity contribution in [3.8, 4) is 0 Å². The maximum absolute atomic E-state index is 12.3. The van der Waals surface area contributed by atoms with Gasteiger partial charge in [-0.05, 0) is 19.1 Å². The molecule has 0 bridgehead atoms. The van der Waals surface area contributed by atoms with E-state index in [1.54, 1.807) is 13.0 Å². The zero-order valence-electron chi connectivity index (χ0n) is 9.07. The number of halogens is 3. The Morgan fingerprint density at radius 1 is 1.47 bits per heavy atom. The van der Waals surface area contributed by atoms with Gasteiger partial charge in [-0.3, -0.25) is 0 Å². The summed E-state index contributed by atoms with van der Waals surface area (Å²) in [5.74, 6) is -0.0176. The van der Waals surface area contributed by atoms with Crippen LogP contribution in [0.25, 0.3) is 0 Å². The molecule has 0 atom stereocenters. The first-order valence-corrected chi connectivity index (χ1v) is 7.57. The lowest BCUT2D eigenvalue weighted by molar-refractivity contribution is 0.121. The molecule has 8 heteroatoms. The molecule has 0 aliphatic carbocycles. The number of sulfonamides is 1. The second-order valence-electron chi connectivity index (χ2n) is 3.31. The van der Waals surface area contributed by atoms with Gasteiger partial charge in [-0.2, -0.15) is 4.31 Å². The minimum Gasteiger partial charge on any atom is -0.209 e. The van der Waals surface area contributed by atoms with E-state index in [4.69, 9.17) is 11.6 Å². The van der Waals surface area contributed by atoms with Crippen LogP contribution in [0.3, 0.4) is 0 Å². The van der Waals surface area contributed by atoms with E-state index in [1.165, 1.54) is 6.07 Å². The molecule has 1 aromatic rings. The Labute approximate surface area is 108 Å². The molecule has 0 spiro atoms. The summed E-state index contributed by atoms with van der Waals surface area (Å²) in [6.07, 6.45) is -2.71. The fourth-order valence-electron chi connectivity index (χ4n) is 1.24. The molecule has 0 saturated carbocycles. The minimum atomic E-state index is -3.85. The zero-order valence-corrected chi connectivity index (χ0v) is 11.5. The highest BCUT2D eigenvalue weighted by molar-refractivity contribution is 7.91. The van der Waals surface area contributed by atoms with Crippen LogP contribution >= 0.6 is 22.9 Å². The molecular formula is C9H12ClF2NO2S2. The molecule has 3 nitrogen and oxygen atoms in total. The number of thiophene rings is 1. The molecule has 0 radical (unpaired) electrons. The molecule has 0 saturated heterocycles. The maximum atomic E-state index is 12.3. The molecule has 0 fully saturated rings. The largest absolute Gasteiger partial charge is 0.252 e. The van der Waals surface area contributed by atoms with E-state index < -0.39 is 23.0 Å². The lowest BCUT2D eigenvalue weighted by atomic mass is 10.5. The van der Waals surface area contributed by atoms with Crippen LogP contribution in [0.15, 0.2) is 16.3 Å². The molecule has 1 aromatic heterocycles. The summed E-state index contributed by atoms with van der Waals surface area (Å²) in [7, 11) is -3.85. The van der Waals surface area contributed by atoms with Crippen molar-refractivity contribution in [3.63, 3.8) is 0 Å². The van der Waals surface area contributed by atoms with Crippen molar-refractivity contribution in [2.45, 2.75) is 17.6 Å². The van der Waals surface area contributed by atoms with Crippen LogP contribution in [-0.2, 0) is 10.0 Å². The highest BCUT2D eigenvalue weighted by Crippen LogP contribution is 2.24. The van der Waals surface area contributed by atoms with Crippen molar-refractivity contribution in [1.82, 2.24) is 4.31 Å². The van der Waals surface area contributed by atoms with Crippen LogP contribution < -0.4 is 0 Å². The normalized spacial score (nSPS) is 12.6. The van der Waals surface area contributed by atoms with E-state index in [1.807, 2.05) is 0 Å². The average Bonchev–Trinajstić information content (AvgIpc) is 2.64. The van der Waals surface area contributed by atoms with Gasteiger partial charge in [0, 0.05) is 17.3 Å². The van der Waals surface area contributed by atoms with Gasteiger partial charge in [-0.25, -0.2) is 17.2 Å². The molecule has 0 aromatic carbocycles. The number of aryl methyl sites for hydroxylation is 1. The SMILES string of the molecule is Cc1ccc(S(=O)(=O)N(CCCl)CC(F)F)s1. The summed E-state index contributed by atoms with van der Waals surface area (Å²) in [5.41, 5.74) is 0. The number of nitrogens with zero attached hydrogens (tertiary/aromatic N) is 1. The first-order valence-electron chi connectivity index (χ1n) is 4.78. The van der Waals surface area contributed by atoms with Gasteiger partial charge in [0.05, 0.1) is 6.54 Å². The summed E-state index contributed by atoms with van der Waals surface area (Å²) in [5, 5.41) is 0. The van der Waals surface area contributed by atoms with Crippen LogP contribution in [0.1, 0.15) is 4.88 Å². The van der Waals surface area contributed by atoms with Crippen LogP contribution in [-0.4, -0.2) is 38.1 Å². The van der Waals surface area contributed by atoms with E-state index in [2.05, 4.69) is 0 Å². The third-order valence-electron chi connectivity index (χ3n) is 1.99. The van der Waals surface area contributed by atoms with E-state index in [0.717, 1.165) is 20.5 Å². The van der Waals surface area contributed by atoms with E-state index >= 15 is 0 Å². The average molecular weight is 304 g/mol. The topological polar surface area (TPSA) is 37.4 Å². The minimum absolute atomic E-state index is 0.0176. The standard InChI is InChI=1S/C9H12ClF2NO2S2/c1-7-2-3-9(16-7)17(14,15)13(5-4-10)6-8(11)12/h2-3,8H,4-6H2,1H3. The van der Waals surface area contributed by atoms with Crippen LogP contribution in [0, 0.1) is 6.92 Å². The van der Waals surface area contributed by atoms with Gasteiger partial charge >= 0.3 is 0 Å². The fourth-order valence-corrected chi connectivity index (χ4v) is 4.40.